The van der Waals surface area contributed by atoms with E-state index >= 15 is 4.39 Å². The third-order valence-corrected chi connectivity index (χ3v) is 4.74. The molecule has 1 saturated heterocycles. The van der Waals surface area contributed by atoms with Gasteiger partial charge in [-0.15, -0.1) is 0 Å². The minimum Gasteiger partial charge on any atom is -0.459 e. The van der Waals surface area contributed by atoms with E-state index in [9.17, 15) is 9.90 Å². The highest BCUT2D eigenvalue weighted by Crippen LogP contribution is 2.47. The first kappa shape index (κ1) is 18.3. The number of nitrogen functional groups attached to an aromatic ring is 1. The number of nitrogens with two attached hydrogens (primary N) is 1. The summed E-state index contributed by atoms with van der Waals surface area (Å²) in [5.74, 6) is -2.83. The molecule has 3 atom stereocenters. The summed E-state index contributed by atoms with van der Waals surface area (Å²) in [5, 5.41) is 15.0. The fraction of sp³-hybridized carbons (Fsp3) is 0.333. The number of hydrogen-bond donors (Lipinski definition) is 2. The van der Waals surface area contributed by atoms with Crippen LogP contribution in [-0.2, 0) is 15.3 Å². The fourth-order valence-corrected chi connectivity index (χ4v) is 3.28. The normalized spacial score (nSPS) is 27.2. The number of alkyl halides is 1. The average Bonchev–Trinajstić information content (AvgIpc) is 3.21. The van der Waals surface area contributed by atoms with E-state index in [4.69, 9.17) is 15.2 Å². The molecule has 0 radical (unpaired) electrons. The molecule has 0 aliphatic carbocycles. The number of hydrogen-bond acceptors (Lipinski definition) is 8. The second-order valence-electron chi connectivity index (χ2n) is 6.77. The number of carbonyl (C=O) groups excluding carboxylic acids is 1. The van der Waals surface area contributed by atoms with Crippen molar-refractivity contribution in [2.75, 3.05) is 12.3 Å². The number of esters is 1. The van der Waals surface area contributed by atoms with Crippen LogP contribution in [0.5, 0.6) is 0 Å². The molecule has 0 saturated carbocycles. The van der Waals surface area contributed by atoms with Crippen LogP contribution in [0.4, 0.5) is 10.2 Å². The van der Waals surface area contributed by atoms with Gasteiger partial charge < -0.3 is 20.3 Å². The summed E-state index contributed by atoms with van der Waals surface area (Å²) in [7, 11) is 0. The molecule has 28 heavy (non-hydrogen) atoms. The lowest BCUT2D eigenvalue weighted by Crippen LogP contribution is -2.44. The van der Waals surface area contributed by atoms with Crippen LogP contribution in [0.25, 0.3) is 5.65 Å². The molecule has 9 nitrogen and oxygen atoms in total. The van der Waals surface area contributed by atoms with Gasteiger partial charge in [0, 0.05) is 6.42 Å². The third-order valence-electron chi connectivity index (χ3n) is 4.74. The van der Waals surface area contributed by atoms with Gasteiger partial charge in [0.2, 0.25) is 5.79 Å². The molecule has 3 unspecified atom stereocenters. The maximum atomic E-state index is 15.3. The van der Waals surface area contributed by atoms with Gasteiger partial charge in [0.1, 0.15) is 18.6 Å². The molecule has 10 heteroatoms. The second-order valence-corrected chi connectivity index (χ2v) is 6.77. The van der Waals surface area contributed by atoms with Crippen molar-refractivity contribution in [1.82, 2.24) is 19.6 Å². The molecule has 0 amide bonds. The summed E-state index contributed by atoms with van der Waals surface area (Å²) in [6.07, 6.45) is 1.34. The Labute approximate surface area is 158 Å². The molecule has 1 aliphatic rings. The number of rotatable bonds is 4. The standard InChI is InChI=1S/C18H18FN5O4/c1-17(19)7-12(9-27-16(25)11-5-3-2-4-6-11)28-18(17,26)13-8-21-15-14(20)22-10-23-24(13)15/h2-6,8,10,12,26H,7,9H2,1H3,(H2,20,22,23). The van der Waals surface area contributed by atoms with Gasteiger partial charge in [-0.25, -0.2) is 23.7 Å². The molecule has 1 aliphatic heterocycles. The number of nitrogens with zero attached hydrogens (tertiary/aromatic N) is 4. The quantitative estimate of drug-likeness (QED) is 0.641. The monoisotopic (exact) mass is 387 g/mol. The Morgan fingerprint density at radius 1 is 1.43 bits per heavy atom. The Kier molecular flexibility index (Phi) is 4.24. The first-order chi connectivity index (χ1) is 13.3. The summed E-state index contributed by atoms with van der Waals surface area (Å²) in [6, 6.07) is 8.40. The third kappa shape index (κ3) is 2.86. The highest BCUT2D eigenvalue weighted by atomic mass is 19.1. The topological polar surface area (TPSA) is 125 Å². The number of carbonyl (C=O) groups is 1. The Bertz CT molecular complexity index is 1030. The van der Waals surface area contributed by atoms with Crippen molar-refractivity contribution in [2.24, 2.45) is 0 Å². The van der Waals surface area contributed by atoms with E-state index in [1.165, 1.54) is 24.0 Å². The average molecular weight is 387 g/mol. The van der Waals surface area contributed by atoms with Crippen molar-refractivity contribution in [2.45, 2.75) is 30.9 Å². The van der Waals surface area contributed by atoms with E-state index in [0.717, 1.165) is 0 Å². The van der Waals surface area contributed by atoms with E-state index in [1.807, 2.05) is 0 Å². The van der Waals surface area contributed by atoms with E-state index in [0.29, 0.717) is 5.56 Å². The minimum absolute atomic E-state index is 0.0292. The number of ether oxygens (including phenoxy) is 2. The molecule has 4 rings (SSSR count). The summed E-state index contributed by atoms with van der Waals surface area (Å²) in [5.41, 5.74) is 4.06. The molecule has 3 heterocycles. The molecular weight excluding hydrogens is 369 g/mol. The van der Waals surface area contributed by atoms with E-state index < -0.39 is 23.5 Å². The number of imidazole rings is 1. The molecule has 0 bridgehead atoms. The second kappa shape index (κ2) is 6.50. The zero-order valence-corrected chi connectivity index (χ0v) is 14.9. The van der Waals surface area contributed by atoms with Gasteiger partial charge >= 0.3 is 5.97 Å². The van der Waals surface area contributed by atoms with Gasteiger partial charge in [-0.3, -0.25) is 0 Å². The summed E-state index contributed by atoms with van der Waals surface area (Å²) < 4.78 is 27.3. The Morgan fingerprint density at radius 3 is 2.93 bits per heavy atom. The highest BCUT2D eigenvalue weighted by Gasteiger charge is 2.60. The first-order valence-corrected chi connectivity index (χ1v) is 8.58. The van der Waals surface area contributed by atoms with E-state index in [2.05, 4.69) is 15.1 Å². The predicted molar refractivity (Wildman–Crippen MR) is 94.8 cm³/mol. The van der Waals surface area contributed by atoms with Crippen molar-refractivity contribution in [3.63, 3.8) is 0 Å². The molecular formula is C18H18FN5O4. The van der Waals surface area contributed by atoms with Gasteiger partial charge in [-0.1, -0.05) is 18.2 Å². The lowest BCUT2D eigenvalue weighted by Gasteiger charge is -2.30. The maximum absolute atomic E-state index is 15.3. The molecule has 3 N–H and O–H groups in total. The van der Waals surface area contributed by atoms with Gasteiger partial charge in [-0.2, -0.15) is 5.10 Å². The Morgan fingerprint density at radius 2 is 2.18 bits per heavy atom. The maximum Gasteiger partial charge on any atom is 0.338 e. The van der Waals surface area contributed by atoms with Crippen LogP contribution in [-0.4, -0.2) is 49.0 Å². The van der Waals surface area contributed by atoms with Crippen LogP contribution in [0.3, 0.4) is 0 Å². The predicted octanol–water partition coefficient (Wildman–Crippen LogP) is 1.23. The largest absolute Gasteiger partial charge is 0.459 e. The highest BCUT2D eigenvalue weighted by molar-refractivity contribution is 5.89. The minimum atomic E-state index is -2.35. The molecule has 146 valence electrons. The van der Waals surface area contributed by atoms with Crippen LogP contribution in [0.1, 0.15) is 29.4 Å². The lowest BCUT2D eigenvalue weighted by molar-refractivity contribution is -0.255. The first-order valence-electron chi connectivity index (χ1n) is 8.58. The van der Waals surface area contributed by atoms with Crippen LogP contribution in [0, 0.1) is 0 Å². The Balaban J connectivity index is 1.55. The fourth-order valence-electron chi connectivity index (χ4n) is 3.28. The molecule has 3 aromatic rings. The number of aliphatic hydroxyl groups is 1. The number of fused-ring (bicyclic) bond motifs is 1. The van der Waals surface area contributed by atoms with Crippen LogP contribution < -0.4 is 5.73 Å². The van der Waals surface area contributed by atoms with Crippen molar-refractivity contribution in [1.29, 1.82) is 0 Å². The van der Waals surface area contributed by atoms with Gasteiger partial charge in [0.15, 0.2) is 17.1 Å². The number of anilines is 1. The zero-order valence-electron chi connectivity index (χ0n) is 14.9. The van der Waals surface area contributed by atoms with Gasteiger partial charge in [0.25, 0.3) is 0 Å². The van der Waals surface area contributed by atoms with E-state index in [1.54, 1.807) is 30.3 Å². The summed E-state index contributed by atoms with van der Waals surface area (Å²) in [4.78, 5) is 19.9. The molecule has 1 fully saturated rings. The summed E-state index contributed by atoms with van der Waals surface area (Å²) in [6.45, 7) is 0.985. The van der Waals surface area contributed by atoms with Crippen LogP contribution in [0.15, 0.2) is 42.9 Å². The van der Waals surface area contributed by atoms with Crippen molar-refractivity contribution in [3.05, 3.63) is 54.1 Å². The molecule has 2 aromatic heterocycles. The van der Waals surface area contributed by atoms with Crippen molar-refractivity contribution in [3.8, 4) is 0 Å². The molecule has 0 spiro atoms. The number of benzene rings is 1. The van der Waals surface area contributed by atoms with Gasteiger partial charge in [0.05, 0.1) is 17.9 Å². The summed E-state index contributed by atoms with van der Waals surface area (Å²) >= 11 is 0. The number of aromatic nitrogens is 4. The zero-order chi connectivity index (χ0) is 19.9. The smallest absolute Gasteiger partial charge is 0.338 e. The Hall–Kier alpha value is -3.11. The lowest BCUT2D eigenvalue weighted by atomic mass is 9.93. The van der Waals surface area contributed by atoms with Crippen LogP contribution >= 0.6 is 0 Å². The van der Waals surface area contributed by atoms with Gasteiger partial charge in [-0.05, 0) is 19.1 Å². The number of halogens is 1. The molecule has 1 aromatic carbocycles. The SMILES string of the molecule is CC1(F)CC(COC(=O)c2ccccc2)OC1(O)c1cnc2c(N)ncnn12. The van der Waals surface area contributed by atoms with Crippen LogP contribution in [0.2, 0.25) is 0 Å². The van der Waals surface area contributed by atoms with Crippen molar-refractivity contribution >= 4 is 17.4 Å². The van der Waals surface area contributed by atoms with E-state index in [-0.39, 0.29) is 30.2 Å². The van der Waals surface area contributed by atoms with Crippen molar-refractivity contribution < 1.29 is 23.8 Å².